The van der Waals surface area contributed by atoms with Crippen molar-refractivity contribution >= 4 is 22.0 Å². The Morgan fingerprint density at radius 3 is 2.20 bits per heavy atom. The Hall–Kier alpha value is -0.491. The third-order valence-corrected chi connectivity index (χ3v) is 19.6. The molecule has 0 unspecified atom stereocenters. The minimum atomic E-state index is -2.09. The van der Waals surface area contributed by atoms with Crippen LogP contribution in [0.5, 0.6) is 0 Å². The van der Waals surface area contributed by atoms with Gasteiger partial charge in [-0.05, 0) is 0 Å². The predicted molar refractivity (Wildman–Crippen MR) is 68.0 cm³/mol. The van der Waals surface area contributed by atoms with Crippen LogP contribution in [0.4, 0.5) is 0 Å². The van der Waals surface area contributed by atoms with Crippen LogP contribution in [0.3, 0.4) is 0 Å². The fraction of sp³-hybridized carbons (Fsp3) is 0.462. The second-order valence-corrected chi connectivity index (χ2v) is 19.0. The molecule has 0 N–H and O–H groups in total. The Morgan fingerprint density at radius 2 is 1.73 bits per heavy atom. The summed E-state index contributed by atoms with van der Waals surface area (Å²) in [5.41, 5.74) is 0.823. The van der Waals surface area contributed by atoms with Crippen LogP contribution in [0.2, 0.25) is 13.3 Å². The quantitative estimate of drug-likeness (QED) is 0.783. The van der Waals surface area contributed by atoms with Gasteiger partial charge in [-0.15, -0.1) is 0 Å². The molecule has 0 fully saturated rings. The second kappa shape index (κ2) is 5.55. The summed E-state index contributed by atoms with van der Waals surface area (Å²) < 4.78 is 5.56. The van der Waals surface area contributed by atoms with Crippen molar-refractivity contribution < 1.29 is 0 Å². The number of hydrogen-bond acceptors (Lipinski definition) is 1. The van der Waals surface area contributed by atoms with Crippen LogP contribution in [-0.2, 0) is 0 Å². The van der Waals surface area contributed by atoms with Crippen molar-refractivity contribution in [2.24, 2.45) is 0 Å². The van der Waals surface area contributed by atoms with Crippen molar-refractivity contribution in [3.05, 3.63) is 29.8 Å². The van der Waals surface area contributed by atoms with Gasteiger partial charge in [-0.3, -0.25) is 0 Å². The SMILES string of the molecule is C[CH2][Sn]([CH2]C)([CH2]C)[c]1cccc(C#N)c1. The number of hydrogen-bond donors (Lipinski definition) is 0. The van der Waals surface area contributed by atoms with E-state index in [2.05, 4.69) is 39.0 Å². The van der Waals surface area contributed by atoms with E-state index in [1.807, 2.05) is 12.1 Å². The van der Waals surface area contributed by atoms with Gasteiger partial charge >= 0.3 is 97.2 Å². The molecule has 1 aromatic carbocycles. The normalized spacial score (nSPS) is 11.1. The van der Waals surface area contributed by atoms with Gasteiger partial charge in [-0.1, -0.05) is 0 Å². The molecule has 0 aliphatic rings. The number of nitrogens with zero attached hydrogens (tertiary/aromatic N) is 1. The summed E-state index contributed by atoms with van der Waals surface area (Å²) in [6.45, 7) is 6.96. The van der Waals surface area contributed by atoms with Crippen molar-refractivity contribution in [1.29, 1.82) is 5.26 Å². The second-order valence-electron chi connectivity index (χ2n) is 4.03. The number of rotatable bonds is 4. The summed E-state index contributed by atoms with van der Waals surface area (Å²) in [5, 5.41) is 8.92. The molecule has 15 heavy (non-hydrogen) atoms. The summed E-state index contributed by atoms with van der Waals surface area (Å²) in [5.74, 6) is 0. The van der Waals surface area contributed by atoms with Crippen molar-refractivity contribution in [3.8, 4) is 6.07 Å². The zero-order valence-electron chi connectivity index (χ0n) is 9.88. The third kappa shape index (κ3) is 2.55. The Morgan fingerprint density at radius 1 is 1.13 bits per heavy atom. The van der Waals surface area contributed by atoms with Crippen LogP contribution >= 0.6 is 0 Å². The summed E-state index contributed by atoms with van der Waals surface area (Å²) >= 11 is -2.09. The molecule has 0 aliphatic heterocycles. The average Bonchev–Trinajstić information content (AvgIpc) is 2.32. The van der Waals surface area contributed by atoms with Crippen LogP contribution < -0.4 is 3.58 Å². The first-order valence-electron chi connectivity index (χ1n) is 5.73. The number of benzene rings is 1. The molecule has 0 atom stereocenters. The molecule has 0 amide bonds. The zero-order valence-corrected chi connectivity index (χ0v) is 12.7. The molecule has 1 nitrogen and oxygen atoms in total. The first kappa shape index (κ1) is 12.6. The molecule has 0 aliphatic carbocycles. The summed E-state index contributed by atoms with van der Waals surface area (Å²) in [6.07, 6.45) is 0. The van der Waals surface area contributed by atoms with E-state index in [0.29, 0.717) is 0 Å². The minimum absolute atomic E-state index is 0.823. The molecular formula is C13H19NSn. The van der Waals surface area contributed by atoms with Crippen molar-refractivity contribution in [3.63, 3.8) is 0 Å². The van der Waals surface area contributed by atoms with Gasteiger partial charge in [-0.25, -0.2) is 0 Å². The third-order valence-electron chi connectivity index (χ3n) is 3.63. The molecule has 0 saturated carbocycles. The molecule has 0 radical (unpaired) electrons. The molecule has 0 aromatic heterocycles. The van der Waals surface area contributed by atoms with Crippen molar-refractivity contribution in [2.45, 2.75) is 34.1 Å². The maximum atomic E-state index is 8.92. The first-order chi connectivity index (χ1) is 7.22. The van der Waals surface area contributed by atoms with Gasteiger partial charge in [0.25, 0.3) is 0 Å². The number of nitriles is 1. The van der Waals surface area contributed by atoms with Gasteiger partial charge in [0, 0.05) is 0 Å². The molecule has 0 saturated heterocycles. The van der Waals surface area contributed by atoms with Crippen LogP contribution in [-0.4, -0.2) is 18.4 Å². The Labute approximate surface area is 97.0 Å². The van der Waals surface area contributed by atoms with Crippen LogP contribution in [0.1, 0.15) is 26.3 Å². The summed E-state index contributed by atoms with van der Waals surface area (Å²) in [4.78, 5) is 0. The van der Waals surface area contributed by atoms with Gasteiger partial charge in [0.15, 0.2) is 0 Å². The Kier molecular flexibility index (Phi) is 4.66. The van der Waals surface area contributed by atoms with E-state index in [1.165, 1.54) is 16.9 Å². The van der Waals surface area contributed by atoms with Gasteiger partial charge in [0.2, 0.25) is 0 Å². The zero-order chi connectivity index (χ0) is 11.3. The van der Waals surface area contributed by atoms with E-state index in [4.69, 9.17) is 5.26 Å². The van der Waals surface area contributed by atoms with E-state index >= 15 is 0 Å². The first-order valence-corrected chi connectivity index (χ1v) is 13.2. The Balaban J connectivity index is 3.17. The monoisotopic (exact) mass is 309 g/mol. The van der Waals surface area contributed by atoms with E-state index in [1.54, 1.807) is 0 Å². The Bertz CT molecular complexity index is 353. The molecule has 1 rings (SSSR count). The fourth-order valence-electron chi connectivity index (χ4n) is 2.28. The molecule has 1 aromatic rings. The van der Waals surface area contributed by atoms with E-state index in [0.717, 1.165) is 5.56 Å². The molecule has 0 heterocycles. The summed E-state index contributed by atoms with van der Waals surface area (Å²) in [6, 6.07) is 10.6. The van der Waals surface area contributed by atoms with Crippen LogP contribution in [0, 0.1) is 11.3 Å². The standard InChI is InChI=1S/C7H4N.3C2H5.Sn/c8-6-7-4-2-1-3-5-7;3*1-2;/h1-2,4-5H;3*1H2,2H3;. The summed E-state index contributed by atoms with van der Waals surface area (Å²) in [7, 11) is 0. The van der Waals surface area contributed by atoms with Crippen LogP contribution in [0.25, 0.3) is 0 Å². The molecule has 2 heteroatoms. The topological polar surface area (TPSA) is 23.8 Å². The average molecular weight is 308 g/mol. The molecule has 0 bridgehead atoms. The molecule has 80 valence electrons. The molecule has 0 spiro atoms. The van der Waals surface area contributed by atoms with Gasteiger partial charge < -0.3 is 0 Å². The van der Waals surface area contributed by atoms with Gasteiger partial charge in [0.05, 0.1) is 0 Å². The fourth-order valence-corrected chi connectivity index (χ4v) is 12.7. The van der Waals surface area contributed by atoms with E-state index in [-0.39, 0.29) is 0 Å². The van der Waals surface area contributed by atoms with Crippen molar-refractivity contribution in [1.82, 2.24) is 0 Å². The van der Waals surface area contributed by atoms with Crippen LogP contribution in [0.15, 0.2) is 24.3 Å². The van der Waals surface area contributed by atoms with Gasteiger partial charge in [0.1, 0.15) is 0 Å². The molecular weight excluding hydrogens is 289 g/mol. The van der Waals surface area contributed by atoms with E-state index in [9.17, 15) is 0 Å². The maximum absolute atomic E-state index is 8.92. The van der Waals surface area contributed by atoms with E-state index < -0.39 is 18.4 Å². The van der Waals surface area contributed by atoms with Gasteiger partial charge in [-0.2, -0.15) is 0 Å². The predicted octanol–water partition coefficient (Wildman–Crippen LogP) is 3.27. The van der Waals surface area contributed by atoms with Crippen molar-refractivity contribution in [2.75, 3.05) is 0 Å².